The Morgan fingerprint density at radius 1 is 1.10 bits per heavy atom. The smallest absolute Gasteiger partial charge is 0.265 e. The molecular weight excluding hydrogens is 425 g/mol. The van der Waals surface area contributed by atoms with Crippen LogP contribution in [0.1, 0.15) is 9.67 Å². The molecule has 0 radical (unpaired) electrons. The minimum Gasteiger partial charge on any atom is -0.491 e. The number of benzene rings is 2. The van der Waals surface area contributed by atoms with Gasteiger partial charge in [-0.15, -0.1) is 11.3 Å². The number of rotatable bonds is 6. The summed E-state index contributed by atoms with van der Waals surface area (Å²) in [6.45, 7) is 4.13. The van der Waals surface area contributed by atoms with Crippen molar-refractivity contribution in [2.45, 2.75) is 0 Å². The van der Waals surface area contributed by atoms with E-state index in [-0.39, 0.29) is 11.7 Å². The van der Waals surface area contributed by atoms with Gasteiger partial charge < -0.3 is 9.64 Å². The van der Waals surface area contributed by atoms with Crippen LogP contribution < -0.4 is 4.74 Å². The second-order valence-electron chi connectivity index (χ2n) is 6.92. The highest BCUT2D eigenvalue weighted by atomic mass is 35.5. The molecule has 2 aromatic carbocycles. The van der Waals surface area contributed by atoms with E-state index in [0.717, 1.165) is 19.6 Å². The van der Waals surface area contributed by atoms with E-state index in [1.54, 1.807) is 30.5 Å². The summed E-state index contributed by atoms with van der Waals surface area (Å²) in [5, 5.41) is 1.12. The molecule has 30 heavy (non-hydrogen) atoms. The molecule has 0 aliphatic carbocycles. The number of hydrogen-bond acceptors (Lipinski definition) is 5. The number of carbonyl (C=O) groups excluding carboxylic acids is 1. The maximum Gasteiger partial charge on any atom is 0.265 e. The van der Waals surface area contributed by atoms with Crippen molar-refractivity contribution in [2.75, 3.05) is 39.3 Å². The molecule has 3 aromatic rings. The second kappa shape index (κ2) is 9.55. The molecule has 156 valence electrons. The van der Waals surface area contributed by atoms with Crippen LogP contribution in [0, 0.1) is 5.82 Å². The zero-order valence-corrected chi connectivity index (χ0v) is 17.8. The standard InChI is InChI=1S/C22H21ClFN3O2S/c23-17-6-2-4-8-19(17)29-14-13-26-9-11-27(12-10-26)22(28)20-15-25-21(30-20)16-5-1-3-7-18(16)24/h1-8,15H,9-14H2. The third-order valence-corrected chi connectivity index (χ3v) is 6.31. The highest BCUT2D eigenvalue weighted by Gasteiger charge is 2.24. The van der Waals surface area contributed by atoms with Gasteiger partial charge in [0.05, 0.1) is 11.2 Å². The van der Waals surface area contributed by atoms with E-state index in [0.29, 0.717) is 45.9 Å². The molecule has 0 spiro atoms. The van der Waals surface area contributed by atoms with Crippen LogP contribution in [0.4, 0.5) is 4.39 Å². The van der Waals surface area contributed by atoms with Crippen LogP contribution in [-0.2, 0) is 0 Å². The first-order chi connectivity index (χ1) is 14.6. The topological polar surface area (TPSA) is 45.7 Å². The number of aromatic nitrogens is 1. The Morgan fingerprint density at radius 3 is 2.60 bits per heavy atom. The van der Waals surface area contributed by atoms with Gasteiger partial charge in [-0.05, 0) is 24.3 Å². The van der Waals surface area contributed by atoms with Gasteiger partial charge in [-0.2, -0.15) is 0 Å². The van der Waals surface area contributed by atoms with Crippen LogP contribution in [0.5, 0.6) is 5.75 Å². The van der Waals surface area contributed by atoms with Crippen molar-refractivity contribution in [1.29, 1.82) is 0 Å². The predicted octanol–water partition coefficient (Wildman–Crippen LogP) is 4.44. The number of ether oxygens (including phenoxy) is 1. The highest BCUT2D eigenvalue weighted by Crippen LogP contribution is 2.28. The van der Waals surface area contributed by atoms with Gasteiger partial charge in [-0.1, -0.05) is 35.9 Å². The van der Waals surface area contributed by atoms with Crippen LogP contribution in [-0.4, -0.2) is 60.0 Å². The van der Waals surface area contributed by atoms with E-state index in [9.17, 15) is 9.18 Å². The average molecular weight is 446 g/mol. The summed E-state index contributed by atoms with van der Waals surface area (Å²) >= 11 is 7.33. The van der Waals surface area contributed by atoms with Gasteiger partial charge in [0.1, 0.15) is 28.1 Å². The van der Waals surface area contributed by atoms with Gasteiger partial charge in [0.25, 0.3) is 5.91 Å². The minimum absolute atomic E-state index is 0.0537. The molecule has 1 aromatic heterocycles. The number of amides is 1. The molecule has 0 unspecified atom stereocenters. The number of nitrogens with zero attached hydrogens (tertiary/aromatic N) is 3. The number of thiazole rings is 1. The van der Waals surface area contributed by atoms with Crippen LogP contribution in [0.25, 0.3) is 10.6 Å². The largest absolute Gasteiger partial charge is 0.491 e. The van der Waals surface area contributed by atoms with Gasteiger partial charge in [0.15, 0.2) is 0 Å². The van der Waals surface area contributed by atoms with Crippen molar-refractivity contribution in [3.63, 3.8) is 0 Å². The molecule has 4 rings (SSSR count). The number of carbonyl (C=O) groups is 1. The maximum atomic E-state index is 14.0. The minimum atomic E-state index is -0.335. The predicted molar refractivity (Wildman–Crippen MR) is 117 cm³/mol. The first-order valence-corrected chi connectivity index (χ1v) is 10.9. The summed E-state index contributed by atoms with van der Waals surface area (Å²) in [5.74, 6) is 0.296. The third kappa shape index (κ3) is 4.80. The first kappa shape index (κ1) is 20.8. The summed E-state index contributed by atoms with van der Waals surface area (Å²) < 4.78 is 19.7. The van der Waals surface area contributed by atoms with Gasteiger partial charge >= 0.3 is 0 Å². The molecule has 1 amide bonds. The molecule has 0 bridgehead atoms. The van der Waals surface area contributed by atoms with Crippen molar-refractivity contribution >= 4 is 28.8 Å². The summed E-state index contributed by atoms with van der Waals surface area (Å²) in [6, 6.07) is 13.9. The fourth-order valence-electron chi connectivity index (χ4n) is 3.31. The number of para-hydroxylation sites is 1. The van der Waals surface area contributed by atoms with Crippen LogP contribution >= 0.6 is 22.9 Å². The van der Waals surface area contributed by atoms with Crippen molar-refractivity contribution in [3.8, 4) is 16.3 Å². The lowest BCUT2D eigenvalue weighted by Gasteiger charge is -2.34. The molecule has 8 heteroatoms. The Hall–Kier alpha value is -2.48. The molecule has 1 aliphatic rings. The molecular formula is C22H21ClFN3O2S. The monoisotopic (exact) mass is 445 g/mol. The average Bonchev–Trinajstić information content (AvgIpc) is 3.25. The van der Waals surface area contributed by atoms with Crippen molar-refractivity contribution in [2.24, 2.45) is 0 Å². The summed E-state index contributed by atoms with van der Waals surface area (Å²) in [5.41, 5.74) is 0.421. The molecule has 1 fully saturated rings. The van der Waals surface area contributed by atoms with Crippen molar-refractivity contribution in [1.82, 2.24) is 14.8 Å². The first-order valence-electron chi connectivity index (χ1n) is 9.71. The van der Waals surface area contributed by atoms with Crippen molar-refractivity contribution in [3.05, 3.63) is 70.4 Å². The lowest BCUT2D eigenvalue weighted by molar-refractivity contribution is 0.0624. The normalized spacial score (nSPS) is 14.7. The van der Waals surface area contributed by atoms with Crippen LogP contribution in [0.2, 0.25) is 5.02 Å². The fourth-order valence-corrected chi connectivity index (χ4v) is 4.41. The van der Waals surface area contributed by atoms with Crippen molar-refractivity contribution < 1.29 is 13.9 Å². The summed E-state index contributed by atoms with van der Waals surface area (Å²) in [6.07, 6.45) is 1.54. The Morgan fingerprint density at radius 2 is 1.83 bits per heavy atom. The number of hydrogen-bond donors (Lipinski definition) is 0. The summed E-state index contributed by atoms with van der Waals surface area (Å²) in [4.78, 5) is 21.7. The van der Waals surface area contributed by atoms with E-state index in [1.807, 2.05) is 23.1 Å². The van der Waals surface area contributed by atoms with Gasteiger partial charge in [-0.25, -0.2) is 9.37 Å². The van der Waals surface area contributed by atoms with E-state index in [1.165, 1.54) is 17.4 Å². The molecule has 0 N–H and O–H groups in total. The Labute approximate surface area is 183 Å². The zero-order chi connectivity index (χ0) is 20.9. The van der Waals surface area contributed by atoms with E-state index in [2.05, 4.69) is 9.88 Å². The SMILES string of the molecule is O=C(c1cnc(-c2ccccc2F)s1)N1CCN(CCOc2ccccc2Cl)CC1. The molecule has 2 heterocycles. The van der Waals surface area contributed by atoms with Crippen LogP contribution in [0.15, 0.2) is 54.7 Å². The third-order valence-electron chi connectivity index (χ3n) is 4.98. The lowest BCUT2D eigenvalue weighted by atomic mass is 10.2. The lowest BCUT2D eigenvalue weighted by Crippen LogP contribution is -2.49. The fraction of sp³-hybridized carbons (Fsp3) is 0.273. The molecule has 0 atom stereocenters. The van der Waals surface area contributed by atoms with Gasteiger partial charge in [0.2, 0.25) is 0 Å². The van der Waals surface area contributed by atoms with Gasteiger partial charge in [0, 0.05) is 38.3 Å². The van der Waals surface area contributed by atoms with E-state index in [4.69, 9.17) is 16.3 Å². The Balaban J connectivity index is 1.27. The van der Waals surface area contributed by atoms with Crippen LogP contribution in [0.3, 0.4) is 0 Å². The van der Waals surface area contributed by atoms with Gasteiger partial charge in [-0.3, -0.25) is 9.69 Å². The second-order valence-corrected chi connectivity index (χ2v) is 8.36. The Bertz CT molecular complexity index is 1020. The maximum absolute atomic E-state index is 14.0. The Kier molecular flexibility index (Phi) is 6.62. The van der Waals surface area contributed by atoms with E-state index >= 15 is 0 Å². The molecule has 1 aliphatic heterocycles. The summed E-state index contributed by atoms with van der Waals surface area (Å²) in [7, 11) is 0. The molecule has 0 saturated carbocycles. The molecule has 5 nitrogen and oxygen atoms in total. The van der Waals surface area contributed by atoms with E-state index < -0.39 is 0 Å². The molecule has 1 saturated heterocycles. The highest BCUT2D eigenvalue weighted by molar-refractivity contribution is 7.16. The zero-order valence-electron chi connectivity index (χ0n) is 16.3. The quantitative estimate of drug-likeness (QED) is 0.562. The number of halogens is 2. The number of piperazine rings is 1.